The Morgan fingerprint density at radius 1 is 0.947 bits per heavy atom. The summed E-state index contributed by atoms with van der Waals surface area (Å²) in [6.45, 7) is 4.12. The Morgan fingerprint density at radius 2 is 1.42 bits per heavy atom. The highest BCUT2D eigenvalue weighted by Gasteiger charge is 2.19. The van der Waals surface area contributed by atoms with Gasteiger partial charge in [0.25, 0.3) is 0 Å². The van der Waals surface area contributed by atoms with Gasteiger partial charge in [0.15, 0.2) is 0 Å². The number of aliphatic hydroxyl groups is 1. The molecule has 1 aromatic rings. The van der Waals surface area contributed by atoms with Gasteiger partial charge in [-0.25, -0.2) is 0 Å². The molecule has 19 heavy (non-hydrogen) atoms. The van der Waals surface area contributed by atoms with Gasteiger partial charge >= 0.3 is 0 Å². The second-order valence-electron chi connectivity index (χ2n) is 5.19. The van der Waals surface area contributed by atoms with Gasteiger partial charge in [-0.3, -0.25) is 0 Å². The molecule has 1 aromatic carbocycles. The normalized spacial score (nSPS) is 11.2. The molecule has 0 radical (unpaired) electrons. The molecule has 0 aromatic heterocycles. The van der Waals surface area contributed by atoms with Gasteiger partial charge in [-0.15, -0.1) is 0 Å². The van der Waals surface area contributed by atoms with Crippen LogP contribution in [0.2, 0.25) is 0 Å². The molecule has 108 valence electrons. The molecule has 0 aliphatic rings. The fourth-order valence-electron chi connectivity index (χ4n) is 2.52. The highest BCUT2D eigenvalue weighted by molar-refractivity contribution is 5.48. The number of hydrogen-bond donors (Lipinski definition) is 3. The predicted molar refractivity (Wildman–Crippen MR) is 77.5 cm³/mol. The molecule has 3 nitrogen and oxygen atoms in total. The summed E-state index contributed by atoms with van der Waals surface area (Å²) in [5.41, 5.74) is 1.20. The molecule has 0 aliphatic carbocycles. The van der Waals surface area contributed by atoms with Crippen molar-refractivity contribution < 1.29 is 15.3 Å². The van der Waals surface area contributed by atoms with E-state index in [4.69, 9.17) is 5.11 Å². The molecule has 3 heteroatoms. The van der Waals surface area contributed by atoms with E-state index in [1.165, 1.54) is 0 Å². The number of benzene rings is 1. The second-order valence-corrected chi connectivity index (χ2v) is 5.19. The van der Waals surface area contributed by atoms with Gasteiger partial charge in [-0.2, -0.15) is 0 Å². The third-order valence-electron chi connectivity index (χ3n) is 3.60. The number of phenolic OH excluding ortho intramolecular Hbond substituents is 2. The summed E-state index contributed by atoms with van der Waals surface area (Å²) in [4.78, 5) is 0. The van der Waals surface area contributed by atoms with Crippen LogP contribution in [0, 0.1) is 0 Å². The first-order chi connectivity index (χ1) is 9.13. The maximum atomic E-state index is 10.1. The maximum absolute atomic E-state index is 10.1. The quantitative estimate of drug-likeness (QED) is 0.665. The molecule has 3 N–H and O–H groups in total. The molecular formula is C16H26O3. The fraction of sp³-hybridized carbons (Fsp3) is 0.625. The Bertz CT molecular complexity index is 357. The molecule has 0 saturated heterocycles. The van der Waals surface area contributed by atoms with Gasteiger partial charge in [0.1, 0.15) is 11.5 Å². The summed E-state index contributed by atoms with van der Waals surface area (Å²) in [5.74, 6) is 0.426. The number of aliphatic hydroxyl groups excluding tert-OH is 1. The summed E-state index contributed by atoms with van der Waals surface area (Å²) in [6.07, 6.45) is 6.37. The summed E-state index contributed by atoms with van der Waals surface area (Å²) in [7, 11) is 0. The number of aromatic hydroxyl groups is 2. The molecule has 0 aliphatic heterocycles. The molecule has 0 saturated carbocycles. The van der Waals surface area contributed by atoms with Crippen LogP contribution in [-0.2, 0) is 6.61 Å². The van der Waals surface area contributed by atoms with Crippen molar-refractivity contribution in [2.75, 3.05) is 0 Å². The smallest absolute Gasteiger partial charge is 0.123 e. The first-order valence-electron chi connectivity index (χ1n) is 7.29. The van der Waals surface area contributed by atoms with Crippen LogP contribution in [0.3, 0.4) is 0 Å². The standard InChI is InChI=1S/C16H26O3/c1-3-5-7-13(8-6-4-2)16-14(18)9-12(11-17)10-15(16)19/h9-10,13,17-19H,3-8,11H2,1-2H3. The topological polar surface area (TPSA) is 60.7 Å². The Labute approximate surface area is 115 Å². The minimum absolute atomic E-state index is 0.112. The lowest BCUT2D eigenvalue weighted by Gasteiger charge is -2.20. The van der Waals surface area contributed by atoms with Gasteiger partial charge in [-0.05, 0) is 36.5 Å². The van der Waals surface area contributed by atoms with E-state index in [2.05, 4.69) is 13.8 Å². The third kappa shape index (κ3) is 4.43. The second kappa shape index (κ2) is 8.05. The Kier molecular flexibility index (Phi) is 6.71. The van der Waals surface area contributed by atoms with E-state index in [-0.39, 0.29) is 24.0 Å². The molecule has 0 atom stereocenters. The van der Waals surface area contributed by atoms with E-state index >= 15 is 0 Å². The molecule has 0 heterocycles. The van der Waals surface area contributed by atoms with Crippen molar-refractivity contribution in [1.82, 2.24) is 0 Å². The zero-order valence-electron chi connectivity index (χ0n) is 12.0. The molecular weight excluding hydrogens is 240 g/mol. The van der Waals surface area contributed by atoms with E-state index in [1.54, 1.807) is 12.1 Å². The fourth-order valence-corrected chi connectivity index (χ4v) is 2.52. The molecule has 0 fully saturated rings. The van der Waals surface area contributed by atoms with Crippen LogP contribution < -0.4 is 0 Å². The van der Waals surface area contributed by atoms with Crippen molar-refractivity contribution in [2.24, 2.45) is 0 Å². The van der Waals surface area contributed by atoms with Gasteiger partial charge < -0.3 is 15.3 Å². The summed E-state index contributed by atoms with van der Waals surface area (Å²) in [5, 5.41) is 29.3. The minimum atomic E-state index is -0.171. The van der Waals surface area contributed by atoms with Crippen LogP contribution in [0.4, 0.5) is 0 Å². The molecule has 0 unspecified atom stereocenters. The van der Waals surface area contributed by atoms with E-state index in [0.29, 0.717) is 11.1 Å². The van der Waals surface area contributed by atoms with Gasteiger partial charge in [0, 0.05) is 5.56 Å². The molecule has 0 spiro atoms. The monoisotopic (exact) mass is 266 g/mol. The lowest BCUT2D eigenvalue weighted by molar-refractivity contribution is 0.280. The Hall–Kier alpha value is -1.22. The number of rotatable bonds is 8. The van der Waals surface area contributed by atoms with Crippen LogP contribution in [-0.4, -0.2) is 15.3 Å². The molecule has 0 bridgehead atoms. The highest BCUT2D eigenvalue weighted by atomic mass is 16.3. The van der Waals surface area contributed by atoms with Crippen molar-refractivity contribution in [3.05, 3.63) is 23.3 Å². The summed E-state index contributed by atoms with van der Waals surface area (Å²) in [6, 6.07) is 3.11. The third-order valence-corrected chi connectivity index (χ3v) is 3.60. The zero-order valence-corrected chi connectivity index (χ0v) is 12.0. The van der Waals surface area contributed by atoms with Gasteiger partial charge in [0.2, 0.25) is 0 Å². The lowest BCUT2D eigenvalue weighted by Crippen LogP contribution is -2.01. The molecule has 1 rings (SSSR count). The van der Waals surface area contributed by atoms with Gasteiger partial charge in [-0.1, -0.05) is 39.5 Å². The SMILES string of the molecule is CCCCC(CCCC)c1c(O)cc(CO)cc1O. The van der Waals surface area contributed by atoms with E-state index in [0.717, 1.165) is 38.5 Å². The van der Waals surface area contributed by atoms with Crippen LogP contribution in [0.1, 0.15) is 69.4 Å². The van der Waals surface area contributed by atoms with E-state index < -0.39 is 0 Å². The summed E-state index contributed by atoms with van der Waals surface area (Å²) >= 11 is 0. The van der Waals surface area contributed by atoms with Crippen molar-refractivity contribution in [3.8, 4) is 11.5 Å². The number of unbranched alkanes of at least 4 members (excludes halogenated alkanes) is 2. The minimum Gasteiger partial charge on any atom is -0.508 e. The van der Waals surface area contributed by atoms with Crippen LogP contribution in [0.5, 0.6) is 11.5 Å². The Morgan fingerprint density at radius 3 is 1.79 bits per heavy atom. The first-order valence-corrected chi connectivity index (χ1v) is 7.29. The van der Waals surface area contributed by atoms with Crippen LogP contribution >= 0.6 is 0 Å². The predicted octanol–water partition coefficient (Wildman–Crippen LogP) is 4.05. The lowest BCUT2D eigenvalue weighted by atomic mass is 9.87. The Balaban J connectivity index is 2.99. The van der Waals surface area contributed by atoms with Crippen LogP contribution in [0.15, 0.2) is 12.1 Å². The van der Waals surface area contributed by atoms with Crippen molar-refractivity contribution in [3.63, 3.8) is 0 Å². The first kappa shape index (κ1) is 15.8. The van der Waals surface area contributed by atoms with Gasteiger partial charge in [0.05, 0.1) is 6.61 Å². The van der Waals surface area contributed by atoms with Crippen molar-refractivity contribution >= 4 is 0 Å². The number of hydrogen-bond acceptors (Lipinski definition) is 3. The molecule has 0 amide bonds. The zero-order chi connectivity index (χ0) is 14.3. The highest BCUT2D eigenvalue weighted by Crippen LogP contribution is 2.40. The average Bonchev–Trinajstić information content (AvgIpc) is 2.40. The summed E-state index contributed by atoms with van der Waals surface area (Å²) < 4.78 is 0. The van der Waals surface area contributed by atoms with E-state index in [9.17, 15) is 10.2 Å². The average molecular weight is 266 g/mol. The van der Waals surface area contributed by atoms with Crippen molar-refractivity contribution in [2.45, 2.75) is 64.9 Å². The van der Waals surface area contributed by atoms with Crippen molar-refractivity contribution in [1.29, 1.82) is 0 Å². The van der Waals surface area contributed by atoms with E-state index in [1.807, 2.05) is 0 Å². The number of phenols is 2. The van der Waals surface area contributed by atoms with Crippen LogP contribution in [0.25, 0.3) is 0 Å². The maximum Gasteiger partial charge on any atom is 0.123 e. The largest absolute Gasteiger partial charge is 0.508 e.